The van der Waals surface area contributed by atoms with Gasteiger partial charge in [-0.1, -0.05) is 24.9 Å². The Morgan fingerprint density at radius 1 is 1.44 bits per heavy atom. The third-order valence-electron chi connectivity index (χ3n) is 2.66. The van der Waals surface area contributed by atoms with E-state index in [4.69, 9.17) is 11.6 Å². The maximum absolute atomic E-state index is 11.5. The molecule has 1 aromatic heterocycles. The van der Waals surface area contributed by atoms with Crippen LogP contribution >= 0.6 is 11.6 Å². The molecule has 100 valence electrons. The van der Waals surface area contributed by atoms with E-state index in [9.17, 15) is 4.79 Å². The second-order valence-corrected chi connectivity index (χ2v) is 4.26. The topological polar surface area (TPSA) is 58.1 Å². The van der Waals surface area contributed by atoms with Crippen molar-refractivity contribution in [1.82, 2.24) is 15.3 Å². The normalized spacial score (nSPS) is 10.2. The number of carbonyl (C=O) groups excluding carboxylic acids is 1. The lowest BCUT2D eigenvalue weighted by Crippen LogP contribution is -2.36. The Hall–Kier alpha value is -1.36. The summed E-state index contributed by atoms with van der Waals surface area (Å²) in [6, 6.07) is 0. The molecular formula is C12H19ClN4O. The zero-order chi connectivity index (χ0) is 13.5. The minimum atomic E-state index is -0.0472. The summed E-state index contributed by atoms with van der Waals surface area (Å²) in [6.45, 7) is 5.02. The van der Waals surface area contributed by atoms with E-state index >= 15 is 0 Å². The molecule has 1 rings (SSSR count). The van der Waals surface area contributed by atoms with Gasteiger partial charge < -0.3 is 10.2 Å². The van der Waals surface area contributed by atoms with E-state index in [1.54, 1.807) is 7.05 Å². The van der Waals surface area contributed by atoms with Gasteiger partial charge in [0.05, 0.1) is 6.54 Å². The van der Waals surface area contributed by atoms with Crippen LogP contribution in [0.5, 0.6) is 0 Å². The number of nitrogens with zero attached hydrogens (tertiary/aromatic N) is 3. The molecule has 0 fully saturated rings. The third-order valence-corrected chi connectivity index (χ3v) is 2.99. The van der Waals surface area contributed by atoms with E-state index in [1.807, 2.05) is 11.8 Å². The van der Waals surface area contributed by atoms with Crippen LogP contribution < -0.4 is 10.2 Å². The lowest BCUT2D eigenvalue weighted by atomic mass is 10.1. The van der Waals surface area contributed by atoms with Crippen LogP contribution in [0.2, 0.25) is 5.15 Å². The van der Waals surface area contributed by atoms with Gasteiger partial charge in [-0.3, -0.25) is 4.79 Å². The smallest absolute Gasteiger partial charge is 0.239 e. The SMILES string of the molecule is CCCc1c(Cl)ncnc1N(CC)CC(=O)NC. The molecule has 0 aliphatic rings. The van der Waals surface area contributed by atoms with E-state index in [2.05, 4.69) is 22.2 Å². The molecule has 0 bridgehead atoms. The lowest BCUT2D eigenvalue weighted by Gasteiger charge is -2.23. The highest BCUT2D eigenvalue weighted by Gasteiger charge is 2.16. The molecule has 1 aromatic rings. The van der Waals surface area contributed by atoms with Crippen LogP contribution in [0.1, 0.15) is 25.8 Å². The average Bonchev–Trinajstić information content (AvgIpc) is 2.38. The summed E-state index contributed by atoms with van der Waals surface area (Å²) in [5, 5.41) is 3.08. The number of hydrogen-bond donors (Lipinski definition) is 1. The van der Waals surface area contributed by atoms with Crippen LogP contribution in [0, 0.1) is 0 Å². The first-order valence-electron chi connectivity index (χ1n) is 6.08. The average molecular weight is 271 g/mol. The quantitative estimate of drug-likeness (QED) is 0.799. The van der Waals surface area contributed by atoms with Crippen LogP contribution in [0.4, 0.5) is 5.82 Å². The second kappa shape index (κ2) is 7.16. The van der Waals surface area contributed by atoms with E-state index in [0.717, 1.165) is 24.2 Å². The molecule has 5 nitrogen and oxygen atoms in total. The maximum Gasteiger partial charge on any atom is 0.239 e. The van der Waals surface area contributed by atoms with Crippen LogP contribution in [-0.2, 0) is 11.2 Å². The summed E-state index contributed by atoms with van der Waals surface area (Å²) in [5.74, 6) is 0.706. The molecule has 1 N–H and O–H groups in total. The van der Waals surface area contributed by atoms with Crippen molar-refractivity contribution < 1.29 is 4.79 Å². The van der Waals surface area contributed by atoms with Crippen LogP contribution in [0.15, 0.2) is 6.33 Å². The Morgan fingerprint density at radius 2 is 2.17 bits per heavy atom. The van der Waals surface area contributed by atoms with E-state index in [1.165, 1.54) is 6.33 Å². The van der Waals surface area contributed by atoms with Crippen LogP contribution in [0.25, 0.3) is 0 Å². The van der Waals surface area contributed by atoms with E-state index in [0.29, 0.717) is 11.7 Å². The minimum Gasteiger partial charge on any atom is -0.358 e. The first-order chi connectivity index (χ1) is 8.63. The number of carbonyl (C=O) groups is 1. The number of nitrogens with one attached hydrogen (secondary N) is 1. The van der Waals surface area contributed by atoms with E-state index in [-0.39, 0.29) is 12.5 Å². The number of anilines is 1. The van der Waals surface area contributed by atoms with Crippen LogP contribution in [-0.4, -0.2) is 36.0 Å². The molecule has 0 radical (unpaired) electrons. The predicted molar refractivity (Wildman–Crippen MR) is 73.0 cm³/mol. The van der Waals surface area contributed by atoms with Gasteiger partial charge in [0.15, 0.2) is 0 Å². The van der Waals surface area contributed by atoms with Crippen molar-refractivity contribution in [2.24, 2.45) is 0 Å². The van der Waals surface area contributed by atoms with Gasteiger partial charge in [-0.2, -0.15) is 0 Å². The molecule has 0 saturated carbocycles. The van der Waals surface area contributed by atoms with Crippen molar-refractivity contribution in [1.29, 1.82) is 0 Å². The molecule has 0 unspecified atom stereocenters. The Labute approximate surface area is 113 Å². The Bertz CT molecular complexity index is 411. The zero-order valence-corrected chi connectivity index (χ0v) is 11.8. The van der Waals surface area contributed by atoms with Gasteiger partial charge in [-0.25, -0.2) is 9.97 Å². The predicted octanol–water partition coefficient (Wildman–Crippen LogP) is 1.65. The molecule has 0 spiro atoms. The monoisotopic (exact) mass is 270 g/mol. The van der Waals surface area contributed by atoms with Gasteiger partial charge in [0.2, 0.25) is 5.91 Å². The maximum atomic E-state index is 11.5. The molecule has 6 heteroatoms. The molecule has 0 aliphatic heterocycles. The fourth-order valence-electron chi connectivity index (χ4n) is 1.71. The standard InChI is InChI=1S/C12H19ClN4O/c1-4-6-9-11(13)15-8-16-12(9)17(5-2)7-10(18)14-3/h8H,4-7H2,1-3H3,(H,14,18). The number of rotatable bonds is 6. The molecule has 18 heavy (non-hydrogen) atoms. The first-order valence-corrected chi connectivity index (χ1v) is 6.46. The van der Waals surface area contributed by atoms with Crippen molar-refractivity contribution in [3.05, 3.63) is 17.0 Å². The summed E-state index contributed by atoms with van der Waals surface area (Å²) in [5.41, 5.74) is 0.910. The molecule has 1 amide bonds. The summed E-state index contributed by atoms with van der Waals surface area (Å²) < 4.78 is 0. The highest BCUT2D eigenvalue weighted by Crippen LogP contribution is 2.24. The first kappa shape index (κ1) is 14.7. The molecule has 0 aliphatic carbocycles. The van der Waals surface area contributed by atoms with Gasteiger partial charge in [-0.15, -0.1) is 0 Å². The highest BCUT2D eigenvalue weighted by atomic mass is 35.5. The van der Waals surface area contributed by atoms with E-state index < -0.39 is 0 Å². The molecule has 1 heterocycles. The Morgan fingerprint density at radius 3 is 2.72 bits per heavy atom. The largest absolute Gasteiger partial charge is 0.358 e. The van der Waals surface area contributed by atoms with Crippen molar-refractivity contribution in [3.63, 3.8) is 0 Å². The van der Waals surface area contributed by atoms with Gasteiger partial charge in [0.1, 0.15) is 17.3 Å². The summed E-state index contributed by atoms with van der Waals surface area (Å²) in [7, 11) is 1.62. The van der Waals surface area contributed by atoms with Crippen molar-refractivity contribution >= 4 is 23.3 Å². The number of amides is 1. The highest BCUT2D eigenvalue weighted by molar-refractivity contribution is 6.30. The van der Waals surface area contributed by atoms with Crippen LogP contribution in [0.3, 0.4) is 0 Å². The molecular weight excluding hydrogens is 252 g/mol. The van der Waals surface area contributed by atoms with Gasteiger partial charge >= 0.3 is 0 Å². The fourth-order valence-corrected chi connectivity index (χ4v) is 1.93. The molecule has 0 saturated heterocycles. The molecule has 0 atom stereocenters. The number of likely N-dealkylation sites (N-methyl/N-ethyl adjacent to an activating group) is 2. The van der Waals surface area contributed by atoms with Gasteiger partial charge in [0.25, 0.3) is 0 Å². The Kier molecular flexibility index (Phi) is 5.85. The summed E-state index contributed by atoms with van der Waals surface area (Å²) >= 11 is 6.10. The number of aromatic nitrogens is 2. The Balaban J connectivity index is 3.04. The lowest BCUT2D eigenvalue weighted by molar-refractivity contribution is -0.119. The minimum absolute atomic E-state index is 0.0472. The number of halogens is 1. The van der Waals surface area contributed by atoms with Crippen molar-refractivity contribution in [2.75, 3.05) is 25.0 Å². The van der Waals surface area contributed by atoms with Crippen molar-refractivity contribution in [2.45, 2.75) is 26.7 Å². The zero-order valence-electron chi connectivity index (χ0n) is 11.0. The number of hydrogen-bond acceptors (Lipinski definition) is 4. The molecule has 0 aromatic carbocycles. The van der Waals surface area contributed by atoms with Crippen molar-refractivity contribution in [3.8, 4) is 0 Å². The van der Waals surface area contributed by atoms with Gasteiger partial charge in [0, 0.05) is 19.2 Å². The van der Waals surface area contributed by atoms with Gasteiger partial charge in [-0.05, 0) is 13.3 Å². The third kappa shape index (κ3) is 3.57. The summed E-state index contributed by atoms with van der Waals surface area (Å²) in [4.78, 5) is 21.6. The fraction of sp³-hybridized carbons (Fsp3) is 0.583. The summed E-state index contributed by atoms with van der Waals surface area (Å²) in [6.07, 6.45) is 3.19. The second-order valence-electron chi connectivity index (χ2n) is 3.90.